The Kier molecular flexibility index (Phi) is 7.30. The van der Waals surface area contributed by atoms with Crippen molar-refractivity contribution < 1.29 is 9.59 Å². The third-order valence-electron chi connectivity index (χ3n) is 3.44. The largest absolute Gasteiger partial charge is 0.359 e. The molecule has 22 heavy (non-hydrogen) atoms. The molecule has 1 aliphatic heterocycles. The van der Waals surface area contributed by atoms with Crippen LogP contribution in [0.2, 0.25) is 0 Å². The lowest BCUT2D eigenvalue weighted by molar-refractivity contribution is 0.0652. The van der Waals surface area contributed by atoms with Crippen LogP contribution in [0, 0.1) is 0 Å². The lowest BCUT2D eigenvalue weighted by Crippen LogP contribution is -2.36. The zero-order valence-corrected chi connectivity index (χ0v) is 15.1. The van der Waals surface area contributed by atoms with Gasteiger partial charge in [0.25, 0.3) is 11.8 Å². The molecule has 1 aromatic carbocycles. The average molecular weight is 416 g/mol. The monoisotopic (exact) mass is 416 g/mol. The Morgan fingerprint density at radius 3 is 2.23 bits per heavy atom. The van der Waals surface area contributed by atoms with Gasteiger partial charge in [-0.05, 0) is 25.0 Å². The van der Waals surface area contributed by atoms with Crippen molar-refractivity contribution in [2.45, 2.75) is 12.8 Å². The molecule has 120 valence electrons. The van der Waals surface area contributed by atoms with Crippen LogP contribution in [0.3, 0.4) is 0 Å². The molecule has 2 rings (SSSR count). The number of unbranched alkanes of at least 4 members (excludes halogenated alkanes) is 1. The van der Waals surface area contributed by atoms with Crippen LogP contribution < -0.4 is 10.6 Å². The Bertz CT molecular complexity index is 539. The summed E-state index contributed by atoms with van der Waals surface area (Å²) in [4.78, 5) is 29.6. The zero-order valence-electron chi connectivity index (χ0n) is 12.8. The SMILES string of the molecule is CN=C(NC)NCCCCN1C(=O)c2ccccc2C1=O.I. The fourth-order valence-corrected chi connectivity index (χ4v) is 2.32. The van der Waals surface area contributed by atoms with Crippen molar-refractivity contribution in [3.63, 3.8) is 0 Å². The summed E-state index contributed by atoms with van der Waals surface area (Å²) >= 11 is 0. The fraction of sp³-hybridized carbons (Fsp3) is 0.400. The maximum atomic E-state index is 12.1. The second-order valence-electron chi connectivity index (χ2n) is 4.76. The number of rotatable bonds is 5. The summed E-state index contributed by atoms with van der Waals surface area (Å²) in [5.74, 6) is 0.361. The molecule has 7 heteroatoms. The van der Waals surface area contributed by atoms with E-state index in [2.05, 4.69) is 15.6 Å². The summed E-state index contributed by atoms with van der Waals surface area (Å²) in [5.41, 5.74) is 1.02. The minimum Gasteiger partial charge on any atom is -0.359 e. The van der Waals surface area contributed by atoms with Crippen molar-refractivity contribution in [2.24, 2.45) is 4.99 Å². The maximum absolute atomic E-state index is 12.1. The van der Waals surface area contributed by atoms with Crippen molar-refractivity contribution >= 4 is 41.8 Å². The van der Waals surface area contributed by atoms with Crippen LogP contribution >= 0.6 is 24.0 Å². The number of imide groups is 1. The van der Waals surface area contributed by atoms with Crippen LogP contribution in [0.5, 0.6) is 0 Å². The lowest BCUT2D eigenvalue weighted by Gasteiger charge is -2.14. The number of amides is 2. The van der Waals surface area contributed by atoms with Gasteiger partial charge in [0.1, 0.15) is 0 Å². The van der Waals surface area contributed by atoms with E-state index in [1.54, 1.807) is 38.4 Å². The van der Waals surface area contributed by atoms with Crippen molar-refractivity contribution in [3.05, 3.63) is 35.4 Å². The molecular formula is C15H21IN4O2. The van der Waals surface area contributed by atoms with Crippen LogP contribution in [-0.2, 0) is 0 Å². The highest BCUT2D eigenvalue weighted by Crippen LogP contribution is 2.22. The van der Waals surface area contributed by atoms with Crippen LogP contribution in [0.1, 0.15) is 33.6 Å². The number of nitrogens with one attached hydrogen (secondary N) is 2. The summed E-state index contributed by atoms with van der Waals surface area (Å²) in [5, 5.41) is 6.06. The molecule has 0 spiro atoms. The van der Waals surface area contributed by atoms with Gasteiger partial charge in [0.15, 0.2) is 5.96 Å². The Hall–Kier alpha value is -1.64. The summed E-state index contributed by atoms with van der Waals surface area (Å²) in [6.45, 7) is 1.20. The molecule has 1 aromatic rings. The predicted molar refractivity (Wildman–Crippen MR) is 96.9 cm³/mol. The minimum atomic E-state index is -0.186. The van der Waals surface area contributed by atoms with Gasteiger partial charge >= 0.3 is 0 Å². The molecule has 0 saturated heterocycles. The number of hydrogen-bond donors (Lipinski definition) is 2. The number of carbonyl (C=O) groups is 2. The Morgan fingerprint density at radius 2 is 1.73 bits per heavy atom. The van der Waals surface area contributed by atoms with Gasteiger partial charge in [0, 0.05) is 27.2 Å². The number of nitrogens with zero attached hydrogens (tertiary/aromatic N) is 2. The molecule has 1 aliphatic rings. The van der Waals surface area contributed by atoms with E-state index in [4.69, 9.17) is 0 Å². The number of halogens is 1. The summed E-state index contributed by atoms with van der Waals surface area (Å²) in [6, 6.07) is 6.96. The van der Waals surface area contributed by atoms with E-state index in [9.17, 15) is 9.59 Å². The Morgan fingerprint density at radius 1 is 1.14 bits per heavy atom. The standard InChI is InChI=1S/C15H20N4O2.HI/c1-16-15(17-2)18-9-5-6-10-19-13(20)11-7-3-4-8-12(11)14(19)21;/h3-4,7-8H,5-6,9-10H2,1-2H3,(H2,16,17,18);1H. The molecule has 0 saturated carbocycles. The molecule has 0 fully saturated rings. The minimum absolute atomic E-state index is 0. The smallest absolute Gasteiger partial charge is 0.261 e. The molecule has 0 atom stereocenters. The molecule has 2 N–H and O–H groups in total. The number of hydrogen-bond acceptors (Lipinski definition) is 3. The first-order chi connectivity index (χ1) is 10.2. The average Bonchev–Trinajstić information content (AvgIpc) is 2.76. The van der Waals surface area contributed by atoms with Gasteiger partial charge in [0.05, 0.1) is 11.1 Å². The second kappa shape index (κ2) is 8.72. The molecule has 0 radical (unpaired) electrons. The van der Waals surface area contributed by atoms with E-state index in [0.29, 0.717) is 17.7 Å². The van der Waals surface area contributed by atoms with Gasteiger partial charge < -0.3 is 10.6 Å². The van der Waals surface area contributed by atoms with E-state index in [1.807, 2.05) is 0 Å². The first-order valence-electron chi connectivity index (χ1n) is 7.02. The number of guanidine groups is 1. The molecule has 2 amide bonds. The van der Waals surface area contributed by atoms with Crippen LogP contribution in [-0.4, -0.2) is 49.9 Å². The quantitative estimate of drug-likeness (QED) is 0.251. The van der Waals surface area contributed by atoms with Gasteiger partial charge in [-0.1, -0.05) is 12.1 Å². The van der Waals surface area contributed by atoms with Crippen LogP contribution in [0.15, 0.2) is 29.3 Å². The normalized spacial score (nSPS) is 13.7. The number of fused-ring (bicyclic) bond motifs is 1. The summed E-state index contributed by atoms with van der Waals surface area (Å²) in [6.07, 6.45) is 1.62. The number of carbonyl (C=O) groups excluding carboxylic acids is 2. The molecule has 6 nitrogen and oxygen atoms in total. The van der Waals surface area contributed by atoms with Crippen molar-refractivity contribution in [1.29, 1.82) is 0 Å². The fourth-order valence-electron chi connectivity index (χ4n) is 2.32. The van der Waals surface area contributed by atoms with Gasteiger partial charge in [0.2, 0.25) is 0 Å². The summed E-state index contributed by atoms with van der Waals surface area (Å²) < 4.78 is 0. The molecule has 0 aliphatic carbocycles. The Balaban J connectivity index is 0.00000242. The maximum Gasteiger partial charge on any atom is 0.261 e. The molecule has 0 aromatic heterocycles. The summed E-state index contributed by atoms with van der Waals surface area (Å²) in [7, 11) is 3.51. The highest BCUT2D eigenvalue weighted by molar-refractivity contribution is 14.0. The number of aliphatic imine (C=N–C) groups is 1. The first kappa shape index (κ1) is 18.4. The van der Waals surface area contributed by atoms with E-state index in [-0.39, 0.29) is 35.8 Å². The van der Waals surface area contributed by atoms with Crippen LogP contribution in [0.4, 0.5) is 0 Å². The van der Waals surface area contributed by atoms with E-state index >= 15 is 0 Å². The second-order valence-corrected chi connectivity index (χ2v) is 4.76. The first-order valence-corrected chi connectivity index (χ1v) is 7.02. The number of benzene rings is 1. The molecule has 0 unspecified atom stereocenters. The Labute approximate surface area is 147 Å². The zero-order chi connectivity index (χ0) is 15.2. The highest BCUT2D eigenvalue weighted by Gasteiger charge is 2.34. The van der Waals surface area contributed by atoms with Gasteiger partial charge in [-0.25, -0.2) is 0 Å². The third kappa shape index (κ3) is 3.96. The van der Waals surface area contributed by atoms with Gasteiger partial charge in [-0.3, -0.25) is 19.5 Å². The third-order valence-corrected chi connectivity index (χ3v) is 3.44. The van der Waals surface area contributed by atoms with Crippen LogP contribution in [0.25, 0.3) is 0 Å². The lowest BCUT2D eigenvalue weighted by atomic mass is 10.1. The van der Waals surface area contributed by atoms with Crippen molar-refractivity contribution in [2.75, 3.05) is 27.2 Å². The predicted octanol–water partition coefficient (Wildman–Crippen LogP) is 1.48. The molecule has 1 heterocycles. The molecular weight excluding hydrogens is 395 g/mol. The van der Waals surface area contributed by atoms with E-state index < -0.39 is 0 Å². The van der Waals surface area contributed by atoms with E-state index in [0.717, 1.165) is 25.3 Å². The van der Waals surface area contributed by atoms with Gasteiger partial charge in [-0.15, -0.1) is 24.0 Å². The van der Waals surface area contributed by atoms with Gasteiger partial charge in [-0.2, -0.15) is 0 Å². The topological polar surface area (TPSA) is 73.8 Å². The van der Waals surface area contributed by atoms with Crippen molar-refractivity contribution in [1.82, 2.24) is 15.5 Å². The molecule has 0 bridgehead atoms. The van der Waals surface area contributed by atoms with Crippen molar-refractivity contribution in [3.8, 4) is 0 Å². The highest BCUT2D eigenvalue weighted by atomic mass is 127. The van der Waals surface area contributed by atoms with E-state index in [1.165, 1.54) is 4.90 Å².